The quantitative estimate of drug-likeness (QED) is 0.734. The maximum absolute atomic E-state index is 12.4. The second kappa shape index (κ2) is 6.95. The van der Waals surface area contributed by atoms with Gasteiger partial charge in [-0.3, -0.25) is 14.5 Å². The predicted molar refractivity (Wildman–Crippen MR) is 91.5 cm³/mol. The van der Waals surface area contributed by atoms with Gasteiger partial charge in [-0.1, -0.05) is 29.8 Å². The summed E-state index contributed by atoms with van der Waals surface area (Å²) < 4.78 is 6.72. The minimum absolute atomic E-state index is 0.248. The molecule has 24 heavy (non-hydrogen) atoms. The number of hydrogen-bond donors (Lipinski definition) is 1. The summed E-state index contributed by atoms with van der Waals surface area (Å²) in [7, 11) is 1.71. The number of nitrogens with zero attached hydrogens (tertiary/aromatic N) is 3. The minimum Gasteiger partial charge on any atom is -0.467 e. The molecule has 6 heteroatoms. The molecule has 2 aromatic heterocycles. The molecule has 0 aliphatic carbocycles. The van der Waals surface area contributed by atoms with Gasteiger partial charge in [0.05, 0.1) is 19.0 Å². The normalized spacial score (nSPS) is 11.1. The number of carbonyl (C=O) groups excluding carboxylic acids is 1. The summed E-state index contributed by atoms with van der Waals surface area (Å²) in [5.41, 5.74) is 3.08. The Bertz CT molecular complexity index is 846. The first-order chi connectivity index (χ1) is 11.6. The highest BCUT2D eigenvalue weighted by Gasteiger charge is 2.16. The van der Waals surface area contributed by atoms with Gasteiger partial charge in [-0.05, 0) is 24.6 Å². The first-order valence-corrected chi connectivity index (χ1v) is 7.57. The number of rotatable bonds is 5. The third-order valence-electron chi connectivity index (χ3n) is 3.57. The van der Waals surface area contributed by atoms with Gasteiger partial charge in [-0.2, -0.15) is 5.10 Å². The highest BCUT2D eigenvalue weighted by molar-refractivity contribution is 5.98. The molecule has 3 aromatic rings. The zero-order chi connectivity index (χ0) is 16.9. The van der Waals surface area contributed by atoms with Crippen molar-refractivity contribution in [1.82, 2.24) is 15.1 Å². The lowest BCUT2D eigenvalue weighted by Gasteiger charge is -2.04. The first-order valence-electron chi connectivity index (χ1n) is 7.57. The van der Waals surface area contributed by atoms with Crippen LogP contribution in [0.4, 0.5) is 5.69 Å². The van der Waals surface area contributed by atoms with Crippen LogP contribution in [-0.4, -0.2) is 21.9 Å². The zero-order valence-electron chi connectivity index (χ0n) is 13.6. The number of amides is 1. The summed E-state index contributed by atoms with van der Waals surface area (Å²) >= 11 is 0. The molecule has 0 saturated heterocycles. The van der Waals surface area contributed by atoms with Crippen LogP contribution in [-0.2, 0) is 13.6 Å². The van der Waals surface area contributed by atoms with Crippen molar-refractivity contribution in [2.75, 3.05) is 0 Å². The molecule has 0 atom stereocenters. The Morgan fingerprint density at radius 1 is 1.33 bits per heavy atom. The van der Waals surface area contributed by atoms with Crippen molar-refractivity contribution >= 4 is 17.8 Å². The lowest BCUT2D eigenvalue weighted by Crippen LogP contribution is -2.25. The van der Waals surface area contributed by atoms with E-state index in [0.29, 0.717) is 23.7 Å². The molecule has 1 aromatic carbocycles. The Morgan fingerprint density at radius 2 is 2.12 bits per heavy atom. The van der Waals surface area contributed by atoms with Crippen LogP contribution in [0.5, 0.6) is 0 Å². The van der Waals surface area contributed by atoms with E-state index in [4.69, 9.17) is 4.42 Å². The predicted octanol–water partition coefficient (Wildman–Crippen LogP) is 3.00. The van der Waals surface area contributed by atoms with Crippen molar-refractivity contribution in [2.24, 2.45) is 12.0 Å². The van der Waals surface area contributed by atoms with Crippen molar-refractivity contribution in [2.45, 2.75) is 13.5 Å². The first kappa shape index (κ1) is 15.7. The van der Waals surface area contributed by atoms with Crippen LogP contribution < -0.4 is 5.32 Å². The SMILES string of the molecule is Cc1ccc(C=Nc2cnn(C)c2C(=O)NCc2ccco2)cc1. The van der Waals surface area contributed by atoms with E-state index in [-0.39, 0.29) is 5.91 Å². The Balaban J connectivity index is 1.75. The largest absolute Gasteiger partial charge is 0.467 e. The maximum atomic E-state index is 12.4. The van der Waals surface area contributed by atoms with E-state index in [0.717, 1.165) is 5.56 Å². The minimum atomic E-state index is -0.248. The van der Waals surface area contributed by atoms with E-state index in [1.165, 1.54) is 10.2 Å². The number of aliphatic imine (C=N–C) groups is 1. The molecule has 0 radical (unpaired) electrons. The molecule has 2 heterocycles. The number of aromatic nitrogens is 2. The van der Waals surface area contributed by atoms with Crippen molar-refractivity contribution in [1.29, 1.82) is 0 Å². The number of carbonyl (C=O) groups is 1. The molecule has 0 spiro atoms. The molecule has 0 aliphatic rings. The number of hydrogen-bond acceptors (Lipinski definition) is 4. The molecule has 122 valence electrons. The van der Waals surface area contributed by atoms with Gasteiger partial charge in [-0.15, -0.1) is 0 Å². The van der Waals surface area contributed by atoms with Crippen LogP contribution in [0.25, 0.3) is 0 Å². The molecule has 0 aliphatic heterocycles. The van der Waals surface area contributed by atoms with E-state index in [9.17, 15) is 4.79 Å². The van der Waals surface area contributed by atoms with E-state index in [1.54, 1.807) is 37.9 Å². The van der Waals surface area contributed by atoms with Gasteiger partial charge in [0.2, 0.25) is 0 Å². The summed E-state index contributed by atoms with van der Waals surface area (Å²) in [5, 5.41) is 6.93. The van der Waals surface area contributed by atoms with Crippen LogP contribution >= 0.6 is 0 Å². The molecule has 0 fully saturated rings. The highest BCUT2D eigenvalue weighted by atomic mass is 16.3. The second-order valence-corrected chi connectivity index (χ2v) is 5.43. The standard InChI is InChI=1S/C18H18N4O2/c1-13-5-7-14(8-6-13)10-19-16-12-21-22(2)17(16)18(23)20-11-15-4-3-9-24-15/h3-10,12H,11H2,1-2H3,(H,20,23). The Morgan fingerprint density at radius 3 is 2.83 bits per heavy atom. The van der Waals surface area contributed by atoms with Gasteiger partial charge >= 0.3 is 0 Å². The van der Waals surface area contributed by atoms with Crippen LogP contribution in [0.2, 0.25) is 0 Å². The molecule has 1 amide bonds. The number of nitrogens with one attached hydrogen (secondary N) is 1. The highest BCUT2D eigenvalue weighted by Crippen LogP contribution is 2.18. The molecular formula is C18H18N4O2. The van der Waals surface area contributed by atoms with Crippen molar-refractivity contribution < 1.29 is 9.21 Å². The molecule has 1 N–H and O–H groups in total. The van der Waals surface area contributed by atoms with Gasteiger partial charge in [0.15, 0.2) is 5.69 Å². The fourth-order valence-electron chi connectivity index (χ4n) is 2.24. The molecule has 0 bridgehead atoms. The van der Waals surface area contributed by atoms with Gasteiger partial charge < -0.3 is 9.73 Å². The summed E-state index contributed by atoms with van der Waals surface area (Å²) in [6.45, 7) is 2.35. The zero-order valence-corrected chi connectivity index (χ0v) is 13.6. The third kappa shape index (κ3) is 3.60. The monoisotopic (exact) mass is 322 g/mol. The number of aryl methyl sites for hydroxylation is 2. The summed E-state index contributed by atoms with van der Waals surface area (Å²) in [4.78, 5) is 16.8. The fourth-order valence-corrected chi connectivity index (χ4v) is 2.24. The smallest absolute Gasteiger partial charge is 0.272 e. The Kier molecular flexibility index (Phi) is 4.56. The van der Waals surface area contributed by atoms with Crippen LogP contribution in [0.3, 0.4) is 0 Å². The second-order valence-electron chi connectivity index (χ2n) is 5.43. The lowest BCUT2D eigenvalue weighted by molar-refractivity contribution is 0.0939. The van der Waals surface area contributed by atoms with E-state index >= 15 is 0 Å². The number of furan rings is 1. The van der Waals surface area contributed by atoms with Gasteiger partial charge in [-0.25, -0.2) is 0 Å². The van der Waals surface area contributed by atoms with Crippen molar-refractivity contribution in [3.05, 3.63) is 71.4 Å². The fraction of sp³-hybridized carbons (Fsp3) is 0.167. The van der Waals surface area contributed by atoms with Crippen LogP contribution in [0.15, 0.2) is 58.3 Å². The molecular weight excluding hydrogens is 304 g/mol. The maximum Gasteiger partial charge on any atom is 0.272 e. The van der Waals surface area contributed by atoms with Crippen LogP contribution in [0, 0.1) is 6.92 Å². The topological polar surface area (TPSA) is 72.4 Å². The summed E-state index contributed by atoms with van der Waals surface area (Å²) in [6, 6.07) is 11.6. The molecule has 0 unspecified atom stereocenters. The summed E-state index contributed by atoms with van der Waals surface area (Å²) in [6.07, 6.45) is 4.87. The number of benzene rings is 1. The van der Waals surface area contributed by atoms with Crippen molar-refractivity contribution in [3.63, 3.8) is 0 Å². The van der Waals surface area contributed by atoms with Gasteiger partial charge in [0.25, 0.3) is 5.91 Å². The Labute approximate surface area is 139 Å². The van der Waals surface area contributed by atoms with Crippen LogP contribution in [0.1, 0.15) is 27.4 Å². The van der Waals surface area contributed by atoms with Gasteiger partial charge in [0, 0.05) is 13.3 Å². The van der Waals surface area contributed by atoms with Crippen molar-refractivity contribution in [3.8, 4) is 0 Å². The average molecular weight is 322 g/mol. The molecule has 6 nitrogen and oxygen atoms in total. The van der Waals surface area contributed by atoms with E-state index in [2.05, 4.69) is 15.4 Å². The van der Waals surface area contributed by atoms with E-state index < -0.39 is 0 Å². The third-order valence-corrected chi connectivity index (χ3v) is 3.57. The Hall–Kier alpha value is -3.15. The lowest BCUT2D eigenvalue weighted by atomic mass is 10.2. The van der Waals surface area contributed by atoms with E-state index in [1.807, 2.05) is 31.2 Å². The average Bonchev–Trinajstić information content (AvgIpc) is 3.22. The molecule has 3 rings (SSSR count). The molecule has 0 saturated carbocycles. The summed E-state index contributed by atoms with van der Waals surface area (Å²) in [5.74, 6) is 0.442. The van der Waals surface area contributed by atoms with Gasteiger partial charge in [0.1, 0.15) is 11.4 Å².